The summed E-state index contributed by atoms with van der Waals surface area (Å²) in [5.41, 5.74) is 6.99. The number of carbonyl (C=O) groups is 2. The number of halogens is 2. The van der Waals surface area contributed by atoms with Crippen molar-refractivity contribution in [3.8, 4) is 0 Å². The molecule has 1 aliphatic heterocycles. The van der Waals surface area contributed by atoms with E-state index in [2.05, 4.69) is 0 Å². The topological polar surface area (TPSA) is 85.4 Å². The molecule has 2 heterocycles. The van der Waals surface area contributed by atoms with Gasteiger partial charge >= 0.3 is 0 Å². The predicted octanol–water partition coefficient (Wildman–Crippen LogP) is 2.99. The second-order valence-electron chi connectivity index (χ2n) is 7.39. The van der Waals surface area contributed by atoms with Gasteiger partial charge < -0.3 is 15.2 Å². The largest absolute Gasteiger partial charge is 0.365 e. The second kappa shape index (κ2) is 8.35. The Morgan fingerprint density at radius 1 is 1.13 bits per heavy atom. The van der Waals surface area contributed by atoms with Gasteiger partial charge in [-0.15, -0.1) is 0 Å². The van der Waals surface area contributed by atoms with Crippen molar-refractivity contribution in [1.82, 2.24) is 9.47 Å². The molecule has 0 spiro atoms. The molecule has 3 aromatic rings. The third kappa shape index (κ3) is 4.09. The highest BCUT2D eigenvalue weighted by Gasteiger charge is 2.28. The van der Waals surface area contributed by atoms with Gasteiger partial charge in [0.05, 0.1) is 12.1 Å². The van der Waals surface area contributed by atoms with Crippen LogP contribution in [-0.2, 0) is 19.5 Å². The monoisotopic (exact) mass is 439 g/mol. The lowest BCUT2D eigenvalue weighted by Crippen LogP contribution is -2.40. The van der Waals surface area contributed by atoms with Gasteiger partial charge in [-0.05, 0) is 41.3 Å². The van der Waals surface area contributed by atoms with Crippen LogP contribution in [0.3, 0.4) is 0 Å². The van der Waals surface area contributed by atoms with Crippen molar-refractivity contribution in [3.05, 3.63) is 104 Å². The third-order valence-corrected chi connectivity index (χ3v) is 5.59. The maximum atomic E-state index is 14.2. The lowest BCUT2D eigenvalue weighted by molar-refractivity contribution is 0.0729. The molecule has 2 amide bonds. The summed E-state index contributed by atoms with van der Waals surface area (Å²) < 4.78 is 15.7. The van der Waals surface area contributed by atoms with Crippen molar-refractivity contribution in [3.63, 3.8) is 0 Å². The first-order valence-corrected chi connectivity index (χ1v) is 10.1. The predicted molar refractivity (Wildman–Crippen MR) is 115 cm³/mol. The van der Waals surface area contributed by atoms with Crippen molar-refractivity contribution in [2.45, 2.75) is 19.5 Å². The van der Waals surface area contributed by atoms with E-state index in [9.17, 15) is 18.8 Å². The van der Waals surface area contributed by atoms with Gasteiger partial charge in [-0.1, -0.05) is 41.9 Å². The van der Waals surface area contributed by atoms with Crippen LogP contribution >= 0.6 is 11.6 Å². The lowest BCUT2D eigenvalue weighted by Gasteiger charge is -2.30. The van der Waals surface area contributed by atoms with Crippen molar-refractivity contribution < 1.29 is 14.0 Å². The van der Waals surface area contributed by atoms with Crippen LogP contribution in [0, 0.1) is 5.82 Å². The number of nitrogens with zero attached hydrogens (tertiary/aromatic N) is 2. The molecule has 1 aromatic heterocycles. The van der Waals surface area contributed by atoms with Gasteiger partial charge in [-0.3, -0.25) is 14.4 Å². The zero-order valence-corrected chi connectivity index (χ0v) is 17.2. The molecule has 2 N–H and O–H groups in total. The standard InChI is InChI=1S/C23H19ClFN3O3/c24-16-6-7-18(19(25)10-16)22(30)27-9-8-17-15(12-27)13-28(23(31)20(17)21(26)29)11-14-4-2-1-3-5-14/h1-7,10,13H,8-9,11-12H2,(H2,26,29). The van der Waals surface area contributed by atoms with Gasteiger partial charge in [0, 0.05) is 24.3 Å². The van der Waals surface area contributed by atoms with E-state index >= 15 is 0 Å². The smallest absolute Gasteiger partial charge is 0.264 e. The van der Waals surface area contributed by atoms with E-state index in [0.29, 0.717) is 11.1 Å². The first kappa shape index (κ1) is 20.8. The van der Waals surface area contributed by atoms with E-state index in [1.807, 2.05) is 30.3 Å². The Bertz CT molecular complexity index is 1240. The van der Waals surface area contributed by atoms with Crippen LogP contribution in [0.4, 0.5) is 4.39 Å². The highest BCUT2D eigenvalue weighted by atomic mass is 35.5. The van der Waals surface area contributed by atoms with Gasteiger partial charge in [0.25, 0.3) is 17.4 Å². The summed E-state index contributed by atoms with van der Waals surface area (Å²) in [5, 5.41) is 0.203. The molecule has 0 radical (unpaired) electrons. The molecule has 8 heteroatoms. The average molecular weight is 440 g/mol. The highest BCUT2D eigenvalue weighted by molar-refractivity contribution is 6.30. The molecule has 2 aromatic carbocycles. The first-order valence-electron chi connectivity index (χ1n) is 9.68. The molecule has 1 aliphatic rings. The van der Waals surface area contributed by atoms with E-state index in [0.717, 1.165) is 11.6 Å². The Balaban J connectivity index is 1.71. The number of aromatic nitrogens is 1. The van der Waals surface area contributed by atoms with Crippen LogP contribution in [0.25, 0.3) is 0 Å². The minimum atomic E-state index is -0.799. The summed E-state index contributed by atoms with van der Waals surface area (Å²) in [6.07, 6.45) is 1.92. The molecule has 0 fully saturated rings. The van der Waals surface area contributed by atoms with Crippen molar-refractivity contribution in [2.24, 2.45) is 5.73 Å². The van der Waals surface area contributed by atoms with Crippen molar-refractivity contribution in [1.29, 1.82) is 0 Å². The Kier molecular flexibility index (Phi) is 5.61. The maximum absolute atomic E-state index is 14.2. The number of fused-ring (bicyclic) bond motifs is 1. The minimum absolute atomic E-state index is 0.0572. The van der Waals surface area contributed by atoms with E-state index in [4.69, 9.17) is 17.3 Å². The third-order valence-electron chi connectivity index (χ3n) is 5.36. The Labute approximate surface area is 182 Å². The first-order chi connectivity index (χ1) is 14.8. The molecule has 4 rings (SSSR count). The summed E-state index contributed by atoms with van der Waals surface area (Å²) in [4.78, 5) is 39.4. The SMILES string of the molecule is NC(=O)c1c2c(cn(Cc3ccccc3)c1=O)CN(C(=O)c1ccc(Cl)cc1F)CC2. The van der Waals surface area contributed by atoms with E-state index in [-0.39, 0.29) is 42.2 Å². The fourth-order valence-corrected chi connectivity index (χ4v) is 4.03. The van der Waals surface area contributed by atoms with Crippen LogP contribution in [0.15, 0.2) is 59.5 Å². The number of rotatable bonds is 4. The van der Waals surface area contributed by atoms with E-state index < -0.39 is 23.2 Å². The number of benzene rings is 2. The van der Waals surface area contributed by atoms with Gasteiger partial charge in [-0.25, -0.2) is 4.39 Å². The van der Waals surface area contributed by atoms with Gasteiger partial charge in [0.2, 0.25) is 0 Å². The molecule has 0 bridgehead atoms. The molecule has 6 nitrogen and oxygen atoms in total. The lowest BCUT2D eigenvalue weighted by atomic mass is 9.95. The van der Waals surface area contributed by atoms with Crippen LogP contribution in [0.2, 0.25) is 5.02 Å². The fourth-order valence-electron chi connectivity index (χ4n) is 3.87. The molecular weight excluding hydrogens is 421 g/mol. The minimum Gasteiger partial charge on any atom is -0.365 e. The van der Waals surface area contributed by atoms with Gasteiger partial charge in [0.15, 0.2) is 0 Å². The van der Waals surface area contributed by atoms with E-state index in [1.165, 1.54) is 21.6 Å². The zero-order valence-electron chi connectivity index (χ0n) is 16.5. The molecule has 0 saturated carbocycles. The maximum Gasteiger partial charge on any atom is 0.264 e. The molecular formula is C23H19ClFN3O3. The molecule has 0 aliphatic carbocycles. The number of carbonyl (C=O) groups excluding carboxylic acids is 2. The van der Waals surface area contributed by atoms with Crippen LogP contribution in [0.5, 0.6) is 0 Å². The normalized spacial score (nSPS) is 13.0. The Morgan fingerprint density at radius 2 is 1.87 bits per heavy atom. The quantitative estimate of drug-likeness (QED) is 0.678. The summed E-state index contributed by atoms with van der Waals surface area (Å²) in [6, 6.07) is 13.2. The Hall–Kier alpha value is -3.45. The summed E-state index contributed by atoms with van der Waals surface area (Å²) in [5.74, 6) is -1.98. The summed E-state index contributed by atoms with van der Waals surface area (Å²) in [7, 11) is 0. The molecule has 0 saturated heterocycles. The fraction of sp³-hybridized carbons (Fsp3) is 0.174. The highest BCUT2D eigenvalue weighted by Crippen LogP contribution is 2.24. The molecule has 0 atom stereocenters. The van der Waals surface area contributed by atoms with Crippen LogP contribution in [0.1, 0.15) is 37.4 Å². The summed E-state index contributed by atoms with van der Waals surface area (Å²) >= 11 is 5.78. The number of hydrogen-bond acceptors (Lipinski definition) is 3. The number of primary amides is 1. The molecule has 0 unspecified atom stereocenters. The van der Waals surface area contributed by atoms with Crippen molar-refractivity contribution >= 4 is 23.4 Å². The van der Waals surface area contributed by atoms with Crippen LogP contribution in [-0.4, -0.2) is 27.8 Å². The Morgan fingerprint density at radius 3 is 2.55 bits per heavy atom. The van der Waals surface area contributed by atoms with Gasteiger partial charge in [-0.2, -0.15) is 0 Å². The zero-order chi connectivity index (χ0) is 22.1. The van der Waals surface area contributed by atoms with E-state index in [1.54, 1.807) is 6.20 Å². The van der Waals surface area contributed by atoms with Gasteiger partial charge in [0.1, 0.15) is 11.4 Å². The van der Waals surface area contributed by atoms with Crippen molar-refractivity contribution in [2.75, 3.05) is 6.54 Å². The number of pyridine rings is 1. The summed E-state index contributed by atoms with van der Waals surface area (Å²) in [6.45, 7) is 0.620. The number of hydrogen-bond donors (Lipinski definition) is 1. The number of amides is 2. The van der Waals surface area contributed by atoms with Crippen LogP contribution < -0.4 is 11.3 Å². The number of nitrogens with two attached hydrogens (primary N) is 1. The molecule has 158 valence electrons. The average Bonchev–Trinajstić information content (AvgIpc) is 2.74. The molecule has 31 heavy (non-hydrogen) atoms. The second-order valence-corrected chi connectivity index (χ2v) is 7.83.